The van der Waals surface area contributed by atoms with Gasteiger partial charge >= 0.3 is 6.03 Å². The van der Waals surface area contributed by atoms with Gasteiger partial charge in [-0.05, 0) is 18.4 Å². The highest BCUT2D eigenvalue weighted by atomic mass is 32.2. The maximum Gasteiger partial charge on any atom is 0.324 e. The molecule has 3 N–H and O–H groups in total. The van der Waals surface area contributed by atoms with Crippen LogP contribution in [0.3, 0.4) is 0 Å². The zero-order valence-corrected chi connectivity index (χ0v) is 12.4. The van der Waals surface area contributed by atoms with E-state index in [1.807, 2.05) is 0 Å². The molecule has 0 aliphatic carbocycles. The van der Waals surface area contributed by atoms with Crippen molar-refractivity contribution in [1.29, 1.82) is 0 Å². The van der Waals surface area contributed by atoms with Crippen LogP contribution in [-0.4, -0.2) is 30.0 Å². The van der Waals surface area contributed by atoms with E-state index in [4.69, 9.17) is 5.11 Å². The lowest BCUT2D eigenvalue weighted by atomic mass is 10.1. The Morgan fingerprint density at radius 3 is 2.28 bits per heavy atom. The second-order valence-electron chi connectivity index (χ2n) is 4.40. The number of rotatable bonds is 12. The average molecular weight is 276 g/mol. The summed E-state index contributed by atoms with van der Waals surface area (Å²) in [6.45, 7) is 3.05. The highest BCUT2D eigenvalue weighted by Crippen LogP contribution is 2.07. The molecule has 0 rings (SSSR count). The molecule has 0 aliphatic rings. The van der Waals surface area contributed by atoms with Gasteiger partial charge in [-0.25, -0.2) is 4.79 Å². The number of carbonyl (C=O) groups is 1. The van der Waals surface area contributed by atoms with E-state index in [1.165, 1.54) is 56.9 Å². The first-order chi connectivity index (χ1) is 8.81. The molecule has 2 amide bonds. The third-order valence-electron chi connectivity index (χ3n) is 2.67. The fourth-order valence-corrected chi connectivity index (χ4v) is 2.06. The number of unbranched alkanes of at least 4 members (excludes halogenated alkanes) is 7. The predicted molar refractivity (Wildman–Crippen MR) is 78.7 cm³/mol. The minimum atomic E-state index is -0.156. The molecule has 5 heteroatoms. The summed E-state index contributed by atoms with van der Waals surface area (Å²) in [6.07, 6.45) is 10.2. The minimum absolute atomic E-state index is 0.0863. The van der Waals surface area contributed by atoms with Gasteiger partial charge in [0.1, 0.15) is 0 Å². The van der Waals surface area contributed by atoms with Crippen LogP contribution in [0, 0.1) is 0 Å². The van der Waals surface area contributed by atoms with Crippen LogP contribution in [0.1, 0.15) is 58.3 Å². The number of amides is 2. The molecule has 0 bridgehead atoms. The largest absolute Gasteiger partial charge is 0.395 e. The highest BCUT2D eigenvalue weighted by molar-refractivity contribution is 7.97. The molecule has 0 aromatic rings. The molecule has 0 fully saturated rings. The summed E-state index contributed by atoms with van der Waals surface area (Å²) in [6, 6.07) is -0.156. The van der Waals surface area contributed by atoms with Crippen LogP contribution >= 0.6 is 11.9 Å². The van der Waals surface area contributed by atoms with E-state index in [9.17, 15) is 4.79 Å². The van der Waals surface area contributed by atoms with Gasteiger partial charge in [0.25, 0.3) is 0 Å². The van der Waals surface area contributed by atoms with Crippen LogP contribution in [0.4, 0.5) is 4.79 Å². The Labute approximate surface area is 115 Å². The van der Waals surface area contributed by atoms with Crippen molar-refractivity contribution in [1.82, 2.24) is 10.0 Å². The highest BCUT2D eigenvalue weighted by Gasteiger charge is 1.98. The molecule has 0 unspecified atom stereocenters. The van der Waals surface area contributed by atoms with Gasteiger partial charge in [0.2, 0.25) is 0 Å². The quantitative estimate of drug-likeness (QED) is 0.379. The first kappa shape index (κ1) is 17.6. The van der Waals surface area contributed by atoms with Gasteiger partial charge < -0.3 is 10.4 Å². The van der Waals surface area contributed by atoms with Gasteiger partial charge in [0.05, 0.1) is 6.61 Å². The van der Waals surface area contributed by atoms with E-state index in [1.54, 1.807) is 0 Å². The molecular formula is C13H28N2O2S. The second kappa shape index (κ2) is 14.6. The van der Waals surface area contributed by atoms with Crippen LogP contribution in [0.15, 0.2) is 0 Å². The number of hydrogen-bond acceptors (Lipinski definition) is 3. The topological polar surface area (TPSA) is 61.4 Å². The summed E-state index contributed by atoms with van der Waals surface area (Å²) in [7, 11) is 0. The van der Waals surface area contributed by atoms with Crippen molar-refractivity contribution >= 4 is 18.0 Å². The lowest BCUT2D eigenvalue weighted by Gasteiger charge is -2.06. The number of hydrogen-bond donors (Lipinski definition) is 3. The number of urea groups is 1. The molecule has 0 aromatic carbocycles. The zero-order valence-electron chi connectivity index (χ0n) is 11.5. The van der Waals surface area contributed by atoms with Crippen molar-refractivity contribution in [2.24, 2.45) is 0 Å². The van der Waals surface area contributed by atoms with E-state index in [0.717, 1.165) is 13.0 Å². The molecule has 0 saturated heterocycles. The second-order valence-corrected chi connectivity index (χ2v) is 5.31. The first-order valence-corrected chi connectivity index (χ1v) is 8.06. The van der Waals surface area contributed by atoms with Crippen molar-refractivity contribution in [2.45, 2.75) is 58.3 Å². The van der Waals surface area contributed by atoms with Crippen LogP contribution < -0.4 is 10.0 Å². The Morgan fingerprint density at radius 1 is 1.06 bits per heavy atom. The van der Waals surface area contributed by atoms with E-state index in [0.29, 0.717) is 5.75 Å². The predicted octanol–water partition coefficient (Wildman–Crippen LogP) is 3.07. The molecule has 0 heterocycles. The molecule has 4 nitrogen and oxygen atoms in total. The third-order valence-corrected chi connectivity index (χ3v) is 3.39. The fraction of sp³-hybridized carbons (Fsp3) is 0.923. The Balaban J connectivity index is 3.08. The number of nitrogens with one attached hydrogen (secondary N) is 2. The number of carbonyl (C=O) groups excluding carboxylic acids is 1. The third kappa shape index (κ3) is 13.6. The Morgan fingerprint density at radius 2 is 1.67 bits per heavy atom. The Bertz CT molecular complexity index is 192. The summed E-state index contributed by atoms with van der Waals surface area (Å²) in [4.78, 5) is 11.2. The average Bonchev–Trinajstić information content (AvgIpc) is 2.37. The Hall–Kier alpha value is -0.420. The summed E-state index contributed by atoms with van der Waals surface area (Å²) in [5.74, 6) is 0.533. The van der Waals surface area contributed by atoms with Crippen molar-refractivity contribution in [3.63, 3.8) is 0 Å². The van der Waals surface area contributed by atoms with Gasteiger partial charge in [-0.2, -0.15) is 0 Å². The van der Waals surface area contributed by atoms with Crippen LogP contribution in [0.25, 0.3) is 0 Å². The zero-order chi connectivity index (χ0) is 13.5. The molecular weight excluding hydrogens is 248 g/mol. The van der Waals surface area contributed by atoms with Crippen LogP contribution in [0.2, 0.25) is 0 Å². The fourth-order valence-electron chi connectivity index (χ4n) is 1.66. The van der Waals surface area contributed by atoms with Crippen molar-refractivity contribution in [2.75, 3.05) is 18.9 Å². The maximum absolute atomic E-state index is 11.2. The van der Waals surface area contributed by atoms with Gasteiger partial charge in [0.15, 0.2) is 0 Å². The molecule has 0 radical (unpaired) electrons. The van der Waals surface area contributed by atoms with E-state index >= 15 is 0 Å². The van der Waals surface area contributed by atoms with Gasteiger partial charge in [-0.3, -0.25) is 4.72 Å². The number of aliphatic hydroxyl groups is 1. The van der Waals surface area contributed by atoms with Crippen molar-refractivity contribution < 1.29 is 9.90 Å². The first-order valence-electron chi connectivity index (χ1n) is 7.07. The molecule has 0 aliphatic heterocycles. The molecule has 0 aromatic heterocycles. The maximum atomic E-state index is 11.2. The van der Waals surface area contributed by atoms with Crippen LogP contribution in [-0.2, 0) is 0 Å². The smallest absolute Gasteiger partial charge is 0.324 e. The molecule has 0 atom stereocenters. The standard InChI is InChI=1S/C13H28N2O2S/c1-2-3-4-5-6-7-8-9-10-14-13(17)15-18-12-11-16/h16H,2-12H2,1H3,(H2,14,15,17). The van der Waals surface area contributed by atoms with Crippen molar-refractivity contribution in [3.8, 4) is 0 Å². The molecule has 0 saturated carbocycles. The lowest BCUT2D eigenvalue weighted by molar-refractivity contribution is 0.246. The summed E-state index contributed by atoms with van der Waals surface area (Å²) >= 11 is 1.23. The number of aliphatic hydroxyl groups excluding tert-OH is 1. The SMILES string of the molecule is CCCCCCCCCCNC(=O)NSCCO. The summed E-state index contributed by atoms with van der Waals surface area (Å²) < 4.78 is 2.62. The van der Waals surface area contributed by atoms with E-state index < -0.39 is 0 Å². The van der Waals surface area contributed by atoms with Gasteiger partial charge in [-0.1, -0.05) is 51.9 Å². The van der Waals surface area contributed by atoms with Gasteiger partial charge in [-0.15, -0.1) is 0 Å². The normalized spacial score (nSPS) is 10.3. The van der Waals surface area contributed by atoms with E-state index in [-0.39, 0.29) is 12.6 Å². The molecule has 108 valence electrons. The lowest BCUT2D eigenvalue weighted by Crippen LogP contribution is -2.32. The van der Waals surface area contributed by atoms with Crippen LogP contribution in [0.5, 0.6) is 0 Å². The summed E-state index contributed by atoms with van der Waals surface area (Å²) in [5.41, 5.74) is 0. The van der Waals surface area contributed by atoms with Gasteiger partial charge in [0, 0.05) is 12.3 Å². The molecule has 0 spiro atoms. The van der Waals surface area contributed by atoms with Crippen molar-refractivity contribution in [3.05, 3.63) is 0 Å². The molecule has 18 heavy (non-hydrogen) atoms. The minimum Gasteiger partial charge on any atom is -0.395 e. The van der Waals surface area contributed by atoms with E-state index in [2.05, 4.69) is 17.0 Å². The monoisotopic (exact) mass is 276 g/mol. The Kier molecular flexibility index (Phi) is 14.3. The summed E-state index contributed by atoms with van der Waals surface area (Å²) in [5, 5.41) is 11.3.